The molecular formula is C29H25N3O2S2. The van der Waals surface area contributed by atoms with Crippen LogP contribution in [-0.2, 0) is 4.79 Å². The van der Waals surface area contributed by atoms with E-state index in [0.717, 1.165) is 38.2 Å². The van der Waals surface area contributed by atoms with Crippen molar-refractivity contribution in [3.8, 4) is 5.75 Å². The second kappa shape index (κ2) is 10.5. The van der Waals surface area contributed by atoms with Gasteiger partial charge >= 0.3 is 0 Å². The van der Waals surface area contributed by atoms with Crippen LogP contribution in [0.4, 0.5) is 11.4 Å². The zero-order valence-corrected chi connectivity index (χ0v) is 21.7. The van der Waals surface area contributed by atoms with E-state index in [1.165, 1.54) is 11.8 Å². The fraction of sp³-hybridized carbons (Fsp3) is 0.103. The van der Waals surface area contributed by atoms with Crippen LogP contribution in [0.1, 0.15) is 11.1 Å². The Kier molecular flexibility index (Phi) is 7.02. The quantitative estimate of drug-likeness (QED) is 0.202. The first kappa shape index (κ1) is 24.0. The summed E-state index contributed by atoms with van der Waals surface area (Å²) >= 11 is 3.00. The lowest BCUT2D eigenvalue weighted by molar-refractivity contribution is -0.121. The topological polar surface area (TPSA) is 45.1 Å². The number of carbonyl (C=O) groups is 1. The van der Waals surface area contributed by atoms with E-state index in [4.69, 9.17) is 9.73 Å². The summed E-state index contributed by atoms with van der Waals surface area (Å²) in [6.45, 7) is 4.23. The van der Waals surface area contributed by atoms with E-state index in [9.17, 15) is 4.79 Å². The Hall–Kier alpha value is -3.68. The van der Waals surface area contributed by atoms with Crippen LogP contribution in [0.5, 0.6) is 5.75 Å². The SMILES string of the molecule is C=CCN1C(=O)/C(=C2\Sc3ccc(OC)cc3N2C)SC1=Nc1ccc(/C=C/c2ccccc2)cc1. The number of ether oxygens (including phenoxy) is 1. The Labute approximate surface area is 219 Å². The summed E-state index contributed by atoms with van der Waals surface area (Å²) in [6, 6.07) is 24.1. The van der Waals surface area contributed by atoms with Gasteiger partial charge in [-0.05, 0) is 47.2 Å². The molecule has 1 amide bonds. The van der Waals surface area contributed by atoms with Crippen molar-refractivity contribution in [2.75, 3.05) is 25.6 Å². The van der Waals surface area contributed by atoms with Crippen LogP contribution in [0.15, 0.2) is 105 Å². The van der Waals surface area contributed by atoms with Gasteiger partial charge in [-0.3, -0.25) is 9.69 Å². The molecule has 0 radical (unpaired) electrons. The lowest BCUT2D eigenvalue weighted by Gasteiger charge is -2.15. The molecule has 7 heteroatoms. The Morgan fingerprint density at radius 2 is 1.69 bits per heavy atom. The summed E-state index contributed by atoms with van der Waals surface area (Å²) in [4.78, 5) is 23.7. The van der Waals surface area contributed by atoms with Gasteiger partial charge in [-0.15, -0.1) is 6.58 Å². The molecule has 1 saturated heterocycles. The number of methoxy groups -OCH3 is 1. The van der Waals surface area contributed by atoms with Crippen molar-refractivity contribution in [1.82, 2.24) is 4.90 Å². The van der Waals surface area contributed by atoms with Crippen LogP contribution in [0.2, 0.25) is 0 Å². The van der Waals surface area contributed by atoms with Gasteiger partial charge in [0.2, 0.25) is 0 Å². The molecule has 3 aromatic carbocycles. The van der Waals surface area contributed by atoms with Gasteiger partial charge in [-0.25, -0.2) is 4.99 Å². The Morgan fingerprint density at radius 1 is 0.972 bits per heavy atom. The minimum Gasteiger partial charge on any atom is -0.497 e. The first-order valence-corrected chi connectivity index (χ1v) is 13.1. The lowest BCUT2D eigenvalue weighted by Crippen LogP contribution is -2.29. The van der Waals surface area contributed by atoms with Gasteiger partial charge in [0, 0.05) is 24.6 Å². The molecule has 2 aliphatic rings. The normalized spacial score (nSPS) is 18.4. The van der Waals surface area contributed by atoms with Gasteiger partial charge in [0.15, 0.2) is 5.17 Å². The van der Waals surface area contributed by atoms with Gasteiger partial charge in [-0.1, -0.05) is 72.5 Å². The minimum absolute atomic E-state index is 0.0600. The summed E-state index contributed by atoms with van der Waals surface area (Å²) in [6.07, 6.45) is 5.89. The van der Waals surface area contributed by atoms with E-state index in [0.29, 0.717) is 16.6 Å². The largest absolute Gasteiger partial charge is 0.497 e. The van der Waals surface area contributed by atoms with Crippen molar-refractivity contribution in [2.24, 2.45) is 4.99 Å². The maximum absolute atomic E-state index is 13.4. The summed E-state index contributed by atoms with van der Waals surface area (Å²) in [5.74, 6) is 0.727. The summed E-state index contributed by atoms with van der Waals surface area (Å²) < 4.78 is 5.38. The van der Waals surface area contributed by atoms with Gasteiger partial charge < -0.3 is 9.64 Å². The first-order chi connectivity index (χ1) is 17.6. The first-order valence-electron chi connectivity index (χ1n) is 11.4. The molecule has 2 heterocycles. The number of hydrogen-bond donors (Lipinski definition) is 0. The molecule has 0 aliphatic carbocycles. The van der Waals surface area contributed by atoms with Crippen molar-refractivity contribution < 1.29 is 9.53 Å². The van der Waals surface area contributed by atoms with Crippen LogP contribution in [0, 0.1) is 0 Å². The van der Waals surface area contributed by atoms with Crippen molar-refractivity contribution in [3.63, 3.8) is 0 Å². The molecule has 0 unspecified atom stereocenters. The number of hydrogen-bond acceptors (Lipinski definition) is 6. The molecule has 5 rings (SSSR count). The smallest absolute Gasteiger partial charge is 0.269 e. The summed E-state index contributed by atoms with van der Waals surface area (Å²) in [5, 5.41) is 1.55. The van der Waals surface area contributed by atoms with Crippen LogP contribution in [-0.4, -0.2) is 36.7 Å². The third-order valence-corrected chi connectivity index (χ3v) is 8.23. The van der Waals surface area contributed by atoms with Crippen molar-refractivity contribution >= 4 is 58.1 Å². The standard InChI is InChI=1S/C29H25N3O2S2/c1-4-18-32-27(33)26(28-31(2)24-19-23(34-3)16-17-25(24)35-28)36-29(32)30-22-14-12-21(13-15-22)11-10-20-8-6-5-7-9-20/h4-17,19H,1,18H2,2-3H3/b11-10+,28-26+,30-29?. The fourth-order valence-electron chi connectivity index (χ4n) is 3.89. The number of amides is 1. The molecule has 0 atom stereocenters. The van der Waals surface area contributed by atoms with Gasteiger partial charge in [-0.2, -0.15) is 0 Å². The van der Waals surface area contributed by atoms with Crippen molar-refractivity contribution in [3.05, 3.63) is 107 Å². The predicted octanol–water partition coefficient (Wildman–Crippen LogP) is 7.03. The van der Waals surface area contributed by atoms with Crippen LogP contribution >= 0.6 is 23.5 Å². The molecule has 5 nitrogen and oxygen atoms in total. The molecular weight excluding hydrogens is 486 g/mol. The minimum atomic E-state index is -0.0600. The zero-order chi connectivity index (χ0) is 25.1. The highest BCUT2D eigenvalue weighted by Crippen LogP contribution is 2.51. The maximum Gasteiger partial charge on any atom is 0.269 e. The molecule has 0 bridgehead atoms. The van der Waals surface area contributed by atoms with Gasteiger partial charge in [0.05, 0.1) is 23.5 Å². The number of fused-ring (bicyclic) bond motifs is 1. The number of anilines is 1. The average Bonchev–Trinajstić information content (AvgIpc) is 3.40. The molecule has 3 aromatic rings. The van der Waals surface area contributed by atoms with Gasteiger partial charge in [0.25, 0.3) is 5.91 Å². The number of aliphatic imine (C=N–C) groups is 1. The van der Waals surface area contributed by atoms with Gasteiger partial charge in [0.1, 0.15) is 10.7 Å². The second-order valence-electron chi connectivity index (χ2n) is 8.17. The van der Waals surface area contributed by atoms with E-state index >= 15 is 0 Å². The highest BCUT2D eigenvalue weighted by Gasteiger charge is 2.38. The highest BCUT2D eigenvalue weighted by molar-refractivity contribution is 8.19. The molecule has 180 valence electrons. The fourth-order valence-corrected chi connectivity index (χ4v) is 6.22. The highest BCUT2D eigenvalue weighted by atomic mass is 32.2. The molecule has 0 aromatic heterocycles. The number of rotatable bonds is 6. The van der Waals surface area contributed by atoms with Crippen LogP contribution < -0.4 is 9.64 Å². The van der Waals surface area contributed by atoms with E-state index in [-0.39, 0.29) is 5.91 Å². The number of benzene rings is 3. The summed E-state index contributed by atoms with van der Waals surface area (Å²) in [7, 11) is 3.63. The zero-order valence-electron chi connectivity index (χ0n) is 20.0. The summed E-state index contributed by atoms with van der Waals surface area (Å²) in [5.41, 5.74) is 4.05. The molecule has 0 saturated carbocycles. The van der Waals surface area contributed by atoms with E-state index in [1.54, 1.807) is 29.8 Å². The average molecular weight is 512 g/mol. The van der Waals surface area contributed by atoms with Crippen molar-refractivity contribution in [2.45, 2.75) is 4.90 Å². The monoisotopic (exact) mass is 511 g/mol. The molecule has 0 spiro atoms. The lowest BCUT2D eigenvalue weighted by atomic mass is 10.1. The number of carbonyl (C=O) groups excluding carboxylic acids is 1. The molecule has 2 aliphatic heterocycles. The number of amidine groups is 1. The third kappa shape index (κ3) is 4.85. The molecule has 1 fully saturated rings. The van der Waals surface area contributed by atoms with Crippen molar-refractivity contribution in [1.29, 1.82) is 0 Å². The number of thioether (sulfide) groups is 2. The molecule has 36 heavy (non-hydrogen) atoms. The Morgan fingerprint density at radius 3 is 2.39 bits per heavy atom. The van der Waals surface area contributed by atoms with Crippen LogP contribution in [0.3, 0.4) is 0 Å². The van der Waals surface area contributed by atoms with E-state index < -0.39 is 0 Å². The number of nitrogens with zero attached hydrogens (tertiary/aromatic N) is 3. The van der Waals surface area contributed by atoms with E-state index in [1.807, 2.05) is 72.6 Å². The second-order valence-corrected chi connectivity index (χ2v) is 10.2. The van der Waals surface area contributed by atoms with E-state index in [2.05, 4.69) is 30.9 Å². The Bertz CT molecular complexity index is 1400. The maximum atomic E-state index is 13.4. The third-order valence-electron chi connectivity index (χ3n) is 5.79. The molecule has 0 N–H and O–H groups in total. The predicted molar refractivity (Wildman–Crippen MR) is 153 cm³/mol. The van der Waals surface area contributed by atoms with Crippen LogP contribution in [0.25, 0.3) is 12.2 Å². The Balaban J connectivity index is 1.41.